The number of carbonyl (C=O) groups is 1. The Balaban J connectivity index is 3.28. The molecule has 1 aromatic rings. The van der Waals surface area contributed by atoms with Gasteiger partial charge in [0.1, 0.15) is 5.82 Å². The quantitative estimate of drug-likeness (QED) is 0.856. The molecule has 19 heavy (non-hydrogen) atoms. The van der Waals surface area contributed by atoms with E-state index in [2.05, 4.69) is 16.9 Å². The van der Waals surface area contributed by atoms with Crippen LogP contribution in [0.5, 0.6) is 0 Å². The highest BCUT2D eigenvalue weighted by molar-refractivity contribution is 5.92. The van der Waals surface area contributed by atoms with Crippen LogP contribution in [0.15, 0.2) is 6.20 Å². The number of anilines is 1. The predicted molar refractivity (Wildman–Crippen MR) is 75.9 cm³/mol. The van der Waals surface area contributed by atoms with Gasteiger partial charge in [0.15, 0.2) is 5.69 Å². The summed E-state index contributed by atoms with van der Waals surface area (Å²) in [5, 5.41) is 9.35. The molecule has 0 radical (unpaired) electrons. The fraction of sp³-hybridized carbons (Fsp3) is 0.643. The van der Waals surface area contributed by atoms with Crippen molar-refractivity contribution in [2.24, 2.45) is 0 Å². The first-order valence-corrected chi connectivity index (χ1v) is 6.75. The van der Waals surface area contributed by atoms with Crippen LogP contribution in [-0.4, -0.2) is 33.6 Å². The van der Waals surface area contributed by atoms with Crippen molar-refractivity contribution in [3.05, 3.63) is 17.7 Å². The molecule has 0 unspecified atom stereocenters. The maximum atomic E-state index is 11.4. The molecule has 0 aliphatic rings. The summed E-state index contributed by atoms with van der Waals surface area (Å²) in [6, 6.07) is 0.214. The van der Waals surface area contributed by atoms with E-state index in [9.17, 15) is 9.90 Å². The van der Waals surface area contributed by atoms with Crippen LogP contribution in [0.1, 0.15) is 63.3 Å². The topological polar surface area (TPSA) is 66.3 Å². The van der Waals surface area contributed by atoms with E-state index in [1.807, 2.05) is 32.6 Å². The molecule has 0 amide bonds. The van der Waals surface area contributed by atoms with Gasteiger partial charge in [-0.05, 0) is 20.3 Å². The molecule has 0 saturated heterocycles. The fourth-order valence-corrected chi connectivity index (χ4v) is 1.93. The van der Waals surface area contributed by atoms with Gasteiger partial charge in [0.25, 0.3) is 0 Å². The Kier molecular flexibility index (Phi) is 5.27. The van der Waals surface area contributed by atoms with Gasteiger partial charge in [-0.15, -0.1) is 0 Å². The van der Waals surface area contributed by atoms with E-state index in [0.717, 1.165) is 13.0 Å². The smallest absolute Gasteiger partial charge is 0.356 e. The molecule has 0 aliphatic carbocycles. The average molecular weight is 265 g/mol. The average Bonchev–Trinajstić information content (AvgIpc) is 2.34. The van der Waals surface area contributed by atoms with Gasteiger partial charge >= 0.3 is 5.97 Å². The number of carboxylic acids is 1. The third kappa shape index (κ3) is 3.66. The second kappa shape index (κ2) is 6.50. The van der Waals surface area contributed by atoms with E-state index in [1.54, 1.807) is 6.20 Å². The van der Waals surface area contributed by atoms with Crippen molar-refractivity contribution in [3.8, 4) is 0 Å². The van der Waals surface area contributed by atoms with E-state index in [0.29, 0.717) is 11.5 Å². The molecular weight excluding hydrogens is 242 g/mol. The third-order valence-corrected chi connectivity index (χ3v) is 2.90. The van der Waals surface area contributed by atoms with Crippen LogP contribution >= 0.6 is 0 Å². The van der Waals surface area contributed by atoms with Crippen molar-refractivity contribution in [1.82, 2.24) is 9.97 Å². The lowest BCUT2D eigenvalue weighted by molar-refractivity contribution is 0.0690. The zero-order chi connectivity index (χ0) is 14.6. The van der Waals surface area contributed by atoms with Crippen LogP contribution in [0.25, 0.3) is 0 Å². The molecule has 106 valence electrons. The largest absolute Gasteiger partial charge is 0.476 e. The van der Waals surface area contributed by atoms with Crippen LogP contribution in [0.4, 0.5) is 5.69 Å². The van der Waals surface area contributed by atoms with Crippen molar-refractivity contribution < 1.29 is 9.90 Å². The molecule has 0 atom stereocenters. The summed E-state index contributed by atoms with van der Waals surface area (Å²) in [5.74, 6) is -0.312. The number of hydrogen-bond donors (Lipinski definition) is 1. The van der Waals surface area contributed by atoms with Gasteiger partial charge in [-0.25, -0.2) is 14.8 Å². The van der Waals surface area contributed by atoms with Gasteiger partial charge in [0, 0.05) is 18.5 Å². The van der Waals surface area contributed by atoms with Crippen LogP contribution in [0.3, 0.4) is 0 Å². The molecule has 0 saturated carbocycles. The van der Waals surface area contributed by atoms with E-state index in [-0.39, 0.29) is 17.7 Å². The highest BCUT2D eigenvalue weighted by atomic mass is 16.4. The minimum atomic E-state index is -0.999. The zero-order valence-corrected chi connectivity index (χ0v) is 12.3. The van der Waals surface area contributed by atoms with Crippen LogP contribution in [-0.2, 0) is 0 Å². The summed E-state index contributed by atoms with van der Waals surface area (Å²) < 4.78 is 0. The first-order valence-electron chi connectivity index (χ1n) is 6.75. The molecule has 0 aliphatic heterocycles. The molecule has 0 fully saturated rings. The summed E-state index contributed by atoms with van der Waals surface area (Å²) in [6.45, 7) is 10.8. The van der Waals surface area contributed by atoms with E-state index in [1.165, 1.54) is 0 Å². The molecule has 0 bridgehead atoms. The van der Waals surface area contributed by atoms with E-state index < -0.39 is 5.97 Å². The van der Waals surface area contributed by atoms with Gasteiger partial charge in [-0.2, -0.15) is 0 Å². The Labute approximate surface area is 114 Å². The van der Waals surface area contributed by atoms with Crippen LogP contribution in [0.2, 0.25) is 0 Å². The van der Waals surface area contributed by atoms with Crippen LogP contribution < -0.4 is 4.90 Å². The minimum absolute atomic E-state index is 0.0980. The molecule has 1 aromatic heterocycles. The van der Waals surface area contributed by atoms with E-state index >= 15 is 0 Å². The Morgan fingerprint density at radius 3 is 2.42 bits per heavy atom. The maximum absolute atomic E-state index is 11.4. The molecule has 5 heteroatoms. The number of nitrogens with zero attached hydrogens (tertiary/aromatic N) is 3. The molecule has 0 aromatic carbocycles. The molecular formula is C14H23N3O2. The first kappa shape index (κ1) is 15.4. The number of carboxylic acid groups (broad SMARTS) is 1. The van der Waals surface area contributed by atoms with Crippen molar-refractivity contribution in [2.75, 3.05) is 11.4 Å². The van der Waals surface area contributed by atoms with Crippen molar-refractivity contribution in [3.63, 3.8) is 0 Å². The molecule has 1 rings (SSSR count). The van der Waals surface area contributed by atoms with Gasteiger partial charge < -0.3 is 10.0 Å². The highest BCUT2D eigenvalue weighted by Crippen LogP contribution is 2.22. The minimum Gasteiger partial charge on any atom is -0.476 e. The number of aromatic nitrogens is 2. The lowest BCUT2D eigenvalue weighted by atomic mass is 10.2. The van der Waals surface area contributed by atoms with Gasteiger partial charge in [0.05, 0.1) is 11.9 Å². The number of aromatic carboxylic acids is 1. The predicted octanol–water partition coefficient (Wildman–Crippen LogP) is 2.92. The number of rotatable bonds is 6. The Morgan fingerprint density at radius 2 is 2.00 bits per heavy atom. The zero-order valence-electron chi connectivity index (χ0n) is 12.3. The fourth-order valence-electron chi connectivity index (χ4n) is 1.93. The van der Waals surface area contributed by atoms with Crippen LogP contribution in [0, 0.1) is 0 Å². The summed E-state index contributed by atoms with van der Waals surface area (Å²) in [6.07, 6.45) is 2.59. The Hall–Kier alpha value is -1.65. The van der Waals surface area contributed by atoms with Crippen molar-refractivity contribution in [1.29, 1.82) is 0 Å². The molecule has 1 heterocycles. The lowest BCUT2D eigenvalue weighted by Crippen LogP contribution is -2.33. The Bertz CT molecular complexity index is 444. The molecule has 5 nitrogen and oxygen atoms in total. The van der Waals surface area contributed by atoms with Gasteiger partial charge in [-0.1, -0.05) is 20.8 Å². The maximum Gasteiger partial charge on any atom is 0.356 e. The van der Waals surface area contributed by atoms with Crippen molar-refractivity contribution >= 4 is 11.7 Å². The second-order valence-corrected chi connectivity index (χ2v) is 5.21. The summed E-state index contributed by atoms with van der Waals surface area (Å²) in [5.41, 5.74) is 0.703. The monoisotopic (exact) mass is 265 g/mol. The summed E-state index contributed by atoms with van der Waals surface area (Å²) in [4.78, 5) is 21.9. The lowest BCUT2D eigenvalue weighted by Gasteiger charge is -2.29. The van der Waals surface area contributed by atoms with E-state index in [4.69, 9.17) is 0 Å². The molecule has 1 N–H and O–H groups in total. The summed E-state index contributed by atoms with van der Waals surface area (Å²) in [7, 11) is 0. The first-order chi connectivity index (χ1) is 8.88. The van der Waals surface area contributed by atoms with Gasteiger partial charge in [-0.3, -0.25) is 0 Å². The second-order valence-electron chi connectivity index (χ2n) is 5.21. The summed E-state index contributed by atoms with van der Waals surface area (Å²) >= 11 is 0. The highest BCUT2D eigenvalue weighted by Gasteiger charge is 2.21. The third-order valence-electron chi connectivity index (χ3n) is 2.90. The number of hydrogen-bond acceptors (Lipinski definition) is 4. The standard InChI is InChI=1S/C14H23N3O2/c1-6-7-17(10(4)5)11-8-15-13(9(2)3)16-12(11)14(18)19/h8-10H,6-7H2,1-5H3,(H,18,19). The molecule has 0 spiro atoms. The van der Waals surface area contributed by atoms with Gasteiger partial charge in [0.2, 0.25) is 0 Å². The SMILES string of the molecule is CCCN(c1cnc(C(C)C)nc1C(=O)O)C(C)C. The normalized spacial score (nSPS) is 11.1. The van der Waals surface area contributed by atoms with Crippen molar-refractivity contribution in [2.45, 2.75) is 53.0 Å². The Morgan fingerprint density at radius 1 is 1.37 bits per heavy atom.